The van der Waals surface area contributed by atoms with E-state index in [-0.39, 0.29) is 18.0 Å². The number of hydrogen-bond donors (Lipinski definition) is 1. The number of amides is 2. The Kier molecular flexibility index (Phi) is 6.73. The van der Waals surface area contributed by atoms with Crippen LogP contribution in [-0.4, -0.2) is 60.2 Å². The van der Waals surface area contributed by atoms with Crippen LogP contribution in [0.1, 0.15) is 11.1 Å². The van der Waals surface area contributed by atoms with Crippen LogP contribution in [0.15, 0.2) is 48.8 Å². The molecule has 0 radical (unpaired) electrons. The molecule has 0 bridgehead atoms. The molecule has 27 heavy (non-hydrogen) atoms. The fourth-order valence-corrected chi connectivity index (χ4v) is 3.02. The molecule has 2 heterocycles. The van der Waals surface area contributed by atoms with Gasteiger partial charge in [0.2, 0.25) is 0 Å². The highest BCUT2D eigenvalue weighted by Gasteiger charge is 2.20. The van der Waals surface area contributed by atoms with Gasteiger partial charge in [-0.15, -0.1) is 0 Å². The maximum absolute atomic E-state index is 13.2. The summed E-state index contributed by atoms with van der Waals surface area (Å²) in [5.41, 5.74) is 1.85. The van der Waals surface area contributed by atoms with Crippen LogP contribution in [0.3, 0.4) is 0 Å². The second-order valence-electron chi connectivity index (χ2n) is 6.78. The molecule has 0 aliphatic carbocycles. The fourth-order valence-electron chi connectivity index (χ4n) is 3.02. The zero-order valence-electron chi connectivity index (χ0n) is 15.5. The zero-order chi connectivity index (χ0) is 19.1. The normalized spacial score (nSPS) is 17.5. The highest BCUT2D eigenvalue weighted by molar-refractivity contribution is 5.74. The number of aromatic nitrogens is 1. The zero-order valence-corrected chi connectivity index (χ0v) is 15.5. The number of nitrogens with zero attached hydrogens (tertiary/aromatic N) is 3. The molecule has 1 fully saturated rings. The number of likely N-dealkylation sites (N-methyl/N-ethyl adjacent to an activating group) is 1. The molecule has 1 N–H and O–H groups in total. The first-order valence-electron chi connectivity index (χ1n) is 9.06. The molecule has 2 amide bonds. The van der Waals surface area contributed by atoms with Crippen LogP contribution >= 0.6 is 0 Å². The van der Waals surface area contributed by atoms with Gasteiger partial charge in [0, 0.05) is 45.1 Å². The molecule has 1 saturated heterocycles. The van der Waals surface area contributed by atoms with E-state index in [1.54, 1.807) is 29.4 Å². The minimum atomic E-state index is -0.289. The second-order valence-corrected chi connectivity index (χ2v) is 6.78. The van der Waals surface area contributed by atoms with Crippen LogP contribution in [0.5, 0.6) is 0 Å². The van der Waals surface area contributed by atoms with E-state index in [0.29, 0.717) is 26.2 Å². The first-order chi connectivity index (χ1) is 13.1. The van der Waals surface area contributed by atoms with E-state index in [1.807, 2.05) is 19.2 Å². The maximum Gasteiger partial charge on any atom is 0.318 e. The van der Waals surface area contributed by atoms with Crippen LogP contribution in [0.2, 0.25) is 0 Å². The van der Waals surface area contributed by atoms with Crippen molar-refractivity contribution in [2.45, 2.75) is 19.2 Å². The third-order valence-corrected chi connectivity index (χ3v) is 4.52. The predicted octanol–water partition coefficient (Wildman–Crippen LogP) is 2.26. The number of pyridine rings is 1. The van der Waals surface area contributed by atoms with Gasteiger partial charge in [-0.05, 0) is 42.4 Å². The number of hydrogen-bond acceptors (Lipinski definition) is 4. The first kappa shape index (κ1) is 19.3. The highest BCUT2D eigenvalue weighted by Crippen LogP contribution is 2.11. The molecule has 3 rings (SSSR count). The summed E-state index contributed by atoms with van der Waals surface area (Å²) < 4.78 is 18.9. The molecule has 1 aromatic heterocycles. The molecule has 1 aliphatic rings. The molecular formula is C20H25FN4O2. The van der Waals surface area contributed by atoms with Crippen LogP contribution in [0.25, 0.3) is 0 Å². The number of nitrogens with one attached hydrogen (secondary N) is 1. The van der Waals surface area contributed by atoms with Crippen LogP contribution in [0.4, 0.5) is 9.18 Å². The molecule has 7 heteroatoms. The summed E-state index contributed by atoms with van der Waals surface area (Å²) in [6.07, 6.45) is 3.39. The van der Waals surface area contributed by atoms with Gasteiger partial charge in [-0.1, -0.05) is 12.1 Å². The highest BCUT2D eigenvalue weighted by atomic mass is 19.1. The number of benzene rings is 1. The van der Waals surface area contributed by atoms with E-state index in [0.717, 1.165) is 24.2 Å². The van der Waals surface area contributed by atoms with E-state index in [9.17, 15) is 9.18 Å². The number of morpholine rings is 1. The Morgan fingerprint density at radius 3 is 2.56 bits per heavy atom. The second kappa shape index (κ2) is 9.43. The molecule has 1 aromatic carbocycles. The monoisotopic (exact) mass is 372 g/mol. The van der Waals surface area contributed by atoms with E-state index in [2.05, 4.69) is 15.2 Å². The lowest BCUT2D eigenvalue weighted by Gasteiger charge is -2.31. The van der Waals surface area contributed by atoms with Gasteiger partial charge in [0.1, 0.15) is 5.82 Å². The lowest BCUT2D eigenvalue weighted by Crippen LogP contribution is -2.48. The summed E-state index contributed by atoms with van der Waals surface area (Å²) in [6.45, 7) is 3.66. The number of rotatable bonds is 6. The lowest BCUT2D eigenvalue weighted by atomic mass is 10.2. The number of carbonyl (C=O) groups excluding carboxylic acids is 1. The third kappa shape index (κ3) is 6.01. The van der Waals surface area contributed by atoms with Gasteiger partial charge < -0.3 is 19.9 Å². The summed E-state index contributed by atoms with van der Waals surface area (Å²) in [5.74, 6) is -0.289. The van der Waals surface area contributed by atoms with Crippen molar-refractivity contribution < 1.29 is 13.9 Å². The van der Waals surface area contributed by atoms with E-state index < -0.39 is 0 Å². The van der Waals surface area contributed by atoms with Crippen LogP contribution in [-0.2, 0) is 17.8 Å². The lowest BCUT2D eigenvalue weighted by molar-refractivity contribution is -0.0173. The van der Waals surface area contributed by atoms with E-state index in [1.165, 1.54) is 12.1 Å². The standard InChI is InChI=1S/C20H25FN4O2/c1-24-10-11-27-19(15-24)12-23-20(26)25(14-17-6-8-22-9-7-17)13-16-2-4-18(21)5-3-16/h2-9,19H,10-15H2,1H3,(H,23,26)/t19-/m0/s1. The summed E-state index contributed by atoms with van der Waals surface area (Å²) in [7, 11) is 2.04. The minimum absolute atomic E-state index is 0.0127. The average Bonchev–Trinajstić information content (AvgIpc) is 2.68. The SMILES string of the molecule is CN1CCO[C@@H](CNC(=O)N(Cc2ccncc2)Cc2ccc(F)cc2)C1. The minimum Gasteiger partial charge on any atom is -0.374 e. The van der Waals surface area contributed by atoms with E-state index >= 15 is 0 Å². The molecular weight excluding hydrogens is 347 g/mol. The van der Waals surface area contributed by atoms with Crippen molar-refractivity contribution in [1.82, 2.24) is 20.1 Å². The van der Waals surface area contributed by atoms with Gasteiger partial charge in [-0.25, -0.2) is 9.18 Å². The Bertz CT molecular complexity index is 727. The van der Waals surface area contributed by atoms with Crippen molar-refractivity contribution in [3.8, 4) is 0 Å². The Labute approximate surface area is 158 Å². The van der Waals surface area contributed by atoms with Gasteiger partial charge in [-0.2, -0.15) is 0 Å². The Morgan fingerprint density at radius 1 is 1.22 bits per heavy atom. The number of carbonyl (C=O) groups is 1. The van der Waals surface area contributed by atoms with Gasteiger partial charge in [-0.3, -0.25) is 4.98 Å². The van der Waals surface area contributed by atoms with Crippen molar-refractivity contribution in [1.29, 1.82) is 0 Å². The molecule has 0 unspecified atom stereocenters. The van der Waals surface area contributed by atoms with E-state index in [4.69, 9.17) is 4.74 Å². The van der Waals surface area contributed by atoms with Gasteiger partial charge in [0.15, 0.2) is 0 Å². The molecule has 1 atom stereocenters. The van der Waals surface area contributed by atoms with Crippen LogP contribution in [0, 0.1) is 5.82 Å². The van der Waals surface area contributed by atoms with Gasteiger partial charge in [0.25, 0.3) is 0 Å². The molecule has 2 aromatic rings. The summed E-state index contributed by atoms with van der Waals surface area (Å²) >= 11 is 0. The van der Waals surface area contributed by atoms with Crippen molar-refractivity contribution in [2.75, 3.05) is 33.3 Å². The molecule has 0 spiro atoms. The summed E-state index contributed by atoms with van der Waals surface area (Å²) in [5, 5.41) is 2.97. The summed E-state index contributed by atoms with van der Waals surface area (Å²) in [4.78, 5) is 20.7. The number of ether oxygens (including phenoxy) is 1. The molecule has 6 nitrogen and oxygen atoms in total. The number of halogens is 1. The molecule has 144 valence electrons. The smallest absolute Gasteiger partial charge is 0.318 e. The van der Waals surface area contributed by atoms with Crippen molar-refractivity contribution in [2.24, 2.45) is 0 Å². The molecule has 0 saturated carbocycles. The summed E-state index contributed by atoms with van der Waals surface area (Å²) in [6, 6.07) is 9.79. The first-order valence-corrected chi connectivity index (χ1v) is 9.06. The molecule has 1 aliphatic heterocycles. The fraction of sp³-hybridized carbons (Fsp3) is 0.400. The van der Waals surface area contributed by atoms with Crippen molar-refractivity contribution in [3.05, 3.63) is 65.7 Å². The largest absolute Gasteiger partial charge is 0.374 e. The van der Waals surface area contributed by atoms with Gasteiger partial charge >= 0.3 is 6.03 Å². The Hall–Kier alpha value is -2.51. The Morgan fingerprint density at radius 2 is 1.89 bits per heavy atom. The van der Waals surface area contributed by atoms with Crippen molar-refractivity contribution in [3.63, 3.8) is 0 Å². The average molecular weight is 372 g/mol. The Balaban J connectivity index is 1.64. The third-order valence-electron chi connectivity index (χ3n) is 4.52. The quantitative estimate of drug-likeness (QED) is 0.845. The predicted molar refractivity (Wildman–Crippen MR) is 101 cm³/mol. The maximum atomic E-state index is 13.2. The van der Waals surface area contributed by atoms with Gasteiger partial charge in [0.05, 0.1) is 12.7 Å². The van der Waals surface area contributed by atoms with Crippen molar-refractivity contribution >= 4 is 6.03 Å². The van der Waals surface area contributed by atoms with Crippen LogP contribution < -0.4 is 5.32 Å². The topological polar surface area (TPSA) is 57.7 Å². The number of urea groups is 1.